The summed E-state index contributed by atoms with van der Waals surface area (Å²) in [4.78, 5) is 12.0. The van der Waals surface area contributed by atoms with Gasteiger partial charge in [-0.15, -0.1) is 0 Å². The number of hydrogen-bond donors (Lipinski definition) is 1. The first-order valence-corrected chi connectivity index (χ1v) is 7.39. The molecule has 1 N–H and O–H groups in total. The van der Waals surface area contributed by atoms with Crippen LogP contribution in [-0.4, -0.2) is 12.5 Å². The monoisotopic (exact) mass is 308 g/mol. The van der Waals surface area contributed by atoms with Crippen LogP contribution in [0, 0.1) is 17.1 Å². The van der Waals surface area contributed by atoms with E-state index in [2.05, 4.69) is 5.32 Å². The first-order chi connectivity index (χ1) is 11.2. The molecule has 0 bridgehead atoms. The van der Waals surface area contributed by atoms with Crippen LogP contribution in [-0.2, 0) is 11.2 Å². The third-order valence-corrected chi connectivity index (χ3v) is 3.34. The van der Waals surface area contributed by atoms with E-state index in [1.807, 2.05) is 36.4 Å². The topological polar surface area (TPSA) is 52.9 Å². The number of nitriles is 1. The van der Waals surface area contributed by atoms with E-state index >= 15 is 0 Å². The van der Waals surface area contributed by atoms with Crippen molar-refractivity contribution < 1.29 is 9.18 Å². The molecule has 2 aromatic rings. The van der Waals surface area contributed by atoms with Gasteiger partial charge in [0.25, 0.3) is 5.91 Å². The fourth-order valence-electron chi connectivity index (χ4n) is 2.13. The highest BCUT2D eigenvalue weighted by molar-refractivity contribution is 6.01. The predicted octanol–water partition coefficient (Wildman–Crippen LogP) is 3.48. The molecule has 0 aliphatic rings. The zero-order chi connectivity index (χ0) is 16.5. The van der Waals surface area contributed by atoms with Crippen LogP contribution in [0.1, 0.15) is 17.5 Å². The molecule has 2 aromatic carbocycles. The molecule has 2 rings (SSSR count). The average Bonchev–Trinajstić information content (AvgIpc) is 2.59. The van der Waals surface area contributed by atoms with Gasteiger partial charge in [-0.1, -0.05) is 48.5 Å². The lowest BCUT2D eigenvalue weighted by molar-refractivity contribution is -0.117. The SMILES string of the molecule is N#C/C(=C/c1ccccc1F)C(=O)NCCCc1ccccc1. The second-order valence-corrected chi connectivity index (χ2v) is 5.04. The molecule has 0 aliphatic carbocycles. The maximum atomic E-state index is 13.6. The molecule has 1 amide bonds. The molecule has 0 heterocycles. The molecule has 0 unspecified atom stereocenters. The van der Waals surface area contributed by atoms with Gasteiger partial charge >= 0.3 is 0 Å². The number of carbonyl (C=O) groups excluding carboxylic acids is 1. The molecule has 116 valence electrons. The number of amides is 1. The van der Waals surface area contributed by atoms with Crippen LogP contribution < -0.4 is 5.32 Å². The number of hydrogen-bond acceptors (Lipinski definition) is 2. The lowest BCUT2D eigenvalue weighted by atomic mass is 10.1. The zero-order valence-electron chi connectivity index (χ0n) is 12.6. The predicted molar refractivity (Wildman–Crippen MR) is 87.8 cm³/mol. The normalized spacial score (nSPS) is 10.9. The Morgan fingerprint density at radius 2 is 1.83 bits per heavy atom. The van der Waals surface area contributed by atoms with Gasteiger partial charge in [0.15, 0.2) is 0 Å². The Labute approximate surface area is 135 Å². The molecule has 0 aliphatic heterocycles. The molecule has 0 atom stereocenters. The van der Waals surface area contributed by atoms with Crippen LogP contribution in [0.3, 0.4) is 0 Å². The van der Waals surface area contributed by atoms with Crippen molar-refractivity contribution in [2.45, 2.75) is 12.8 Å². The summed E-state index contributed by atoms with van der Waals surface area (Å²) in [6.45, 7) is 0.462. The van der Waals surface area contributed by atoms with E-state index in [4.69, 9.17) is 5.26 Å². The van der Waals surface area contributed by atoms with Gasteiger partial charge in [-0.25, -0.2) is 4.39 Å². The molecule has 0 saturated heterocycles. The summed E-state index contributed by atoms with van der Waals surface area (Å²) in [6, 6.07) is 17.8. The Bertz CT molecular complexity index is 733. The van der Waals surface area contributed by atoms with Crippen LogP contribution >= 0.6 is 0 Å². The van der Waals surface area contributed by atoms with E-state index in [1.165, 1.54) is 23.8 Å². The minimum atomic E-state index is -0.483. The molecule has 0 saturated carbocycles. The van der Waals surface area contributed by atoms with Crippen molar-refractivity contribution in [3.63, 3.8) is 0 Å². The smallest absolute Gasteiger partial charge is 0.261 e. The van der Waals surface area contributed by atoms with E-state index in [9.17, 15) is 9.18 Å². The first kappa shape index (κ1) is 16.4. The maximum Gasteiger partial charge on any atom is 0.261 e. The van der Waals surface area contributed by atoms with Crippen LogP contribution in [0.15, 0.2) is 60.2 Å². The van der Waals surface area contributed by atoms with Gasteiger partial charge in [0.05, 0.1) is 0 Å². The van der Waals surface area contributed by atoms with Gasteiger partial charge in [-0.3, -0.25) is 4.79 Å². The quantitative estimate of drug-likeness (QED) is 0.504. The average molecular weight is 308 g/mol. The zero-order valence-corrected chi connectivity index (χ0v) is 12.6. The van der Waals surface area contributed by atoms with Gasteiger partial charge in [-0.05, 0) is 30.5 Å². The molecule has 23 heavy (non-hydrogen) atoms. The van der Waals surface area contributed by atoms with E-state index in [-0.39, 0.29) is 11.1 Å². The Balaban J connectivity index is 1.88. The maximum absolute atomic E-state index is 13.6. The summed E-state index contributed by atoms with van der Waals surface area (Å²) < 4.78 is 13.6. The Morgan fingerprint density at radius 3 is 2.52 bits per heavy atom. The molecule has 4 heteroatoms. The largest absolute Gasteiger partial charge is 0.351 e. The molecular formula is C19H17FN2O. The van der Waals surface area contributed by atoms with Crippen molar-refractivity contribution in [1.29, 1.82) is 5.26 Å². The van der Waals surface area contributed by atoms with E-state index in [0.29, 0.717) is 6.54 Å². The van der Waals surface area contributed by atoms with Crippen LogP contribution in [0.5, 0.6) is 0 Å². The van der Waals surface area contributed by atoms with E-state index in [1.54, 1.807) is 12.1 Å². The minimum absolute atomic E-state index is 0.102. The number of nitrogens with one attached hydrogen (secondary N) is 1. The summed E-state index contributed by atoms with van der Waals surface area (Å²) in [5.41, 5.74) is 1.32. The minimum Gasteiger partial charge on any atom is -0.351 e. The highest BCUT2D eigenvalue weighted by Gasteiger charge is 2.09. The van der Waals surface area contributed by atoms with Crippen LogP contribution in [0.25, 0.3) is 6.08 Å². The van der Waals surface area contributed by atoms with Crippen molar-refractivity contribution >= 4 is 12.0 Å². The van der Waals surface area contributed by atoms with Crippen molar-refractivity contribution in [2.75, 3.05) is 6.54 Å². The number of benzene rings is 2. The summed E-state index contributed by atoms with van der Waals surface area (Å²) >= 11 is 0. The Morgan fingerprint density at radius 1 is 1.13 bits per heavy atom. The molecule has 0 aromatic heterocycles. The van der Waals surface area contributed by atoms with Gasteiger partial charge in [0.2, 0.25) is 0 Å². The molecule has 3 nitrogen and oxygen atoms in total. The fraction of sp³-hybridized carbons (Fsp3) is 0.158. The molecular weight excluding hydrogens is 291 g/mol. The lowest BCUT2D eigenvalue weighted by Crippen LogP contribution is -2.25. The van der Waals surface area contributed by atoms with Gasteiger partial charge in [-0.2, -0.15) is 5.26 Å². The van der Waals surface area contributed by atoms with Crippen LogP contribution in [0.2, 0.25) is 0 Å². The summed E-state index contributed by atoms with van der Waals surface area (Å²) in [5.74, 6) is -0.944. The van der Waals surface area contributed by atoms with Gasteiger partial charge in [0.1, 0.15) is 17.5 Å². The summed E-state index contributed by atoms with van der Waals surface area (Å²) in [7, 11) is 0. The number of nitrogens with zero attached hydrogens (tertiary/aromatic N) is 1. The number of halogens is 1. The van der Waals surface area contributed by atoms with E-state index < -0.39 is 11.7 Å². The fourth-order valence-corrected chi connectivity index (χ4v) is 2.13. The Hall–Kier alpha value is -2.93. The van der Waals surface area contributed by atoms with Gasteiger partial charge < -0.3 is 5.32 Å². The van der Waals surface area contributed by atoms with Crippen molar-refractivity contribution in [2.24, 2.45) is 0 Å². The highest BCUT2D eigenvalue weighted by Crippen LogP contribution is 2.11. The van der Waals surface area contributed by atoms with E-state index in [0.717, 1.165) is 12.8 Å². The van der Waals surface area contributed by atoms with Gasteiger partial charge in [0, 0.05) is 12.1 Å². The molecule has 0 radical (unpaired) electrons. The standard InChI is InChI=1S/C19H17FN2O/c20-18-11-5-4-10-16(18)13-17(14-21)19(23)22-12-6-9-15-7-2-1-3-8-15/h1-5,7-8,10-11,13H,6,9,12H2,(H,22,23)/b17-13-. The third-order valence-electron chi connectivity index (χ3n) is 3.34. The second-order valence-electron chi connectivity index (χ2n) is 5.04. The summed E-state index contributed by atoms with van der Waals surface area (Å²) in [6.07, 6.45) is 2.88. The number of rotatable bonds is 6. The molecule has 0 fully saturated rings. The third kappa shape index (κ3) is 5.08. The van der Waals surface area contributed by atoms with Crippen LogP contribution in [0.4, 0.5) is 4.39 Å². The van der Waals surface area contributed by atoms with Crippen molar-refractivity contribution in [3.8, 4) is 6.07 Å². The summed E-state index contributed by atoms with van der Waals surface area (Å²) in [5, 5.41) is 11.8. The highest BCUT2D eigenvalue weighted by atomic mass is 19.1. The number of aryl methyl sites for hydroxylation is 1. The lowest BCUT2D eigenvalue weighted by Gasteiger charge is -2.05. The van der Waals surface area contributed by atoms with Crippen molar-refractivity contribution in [3.05, 3.63) is 77.1 Å². The molecule has 0 spiro atoms. The Kier molecular flexibility index (Phi) is 6.07. The van der Waals surface area contributed by atoms with Crippen molar-refractivity contribution in [1.82, 2.24) is 5.32 Å². The first-order valence-electron chi connectivity index (χ1n) is 7.39. The second kappa shape index (κ2) is 8.50. The number of carbonyl (C=O) groups is 1.